The highest BCUT2D eigenvalue weighted by Crippen LogP contribution is 1.99. The van der Waals surface area contributed by atoms with Gasteiger partial charge in [-0.1, -0.05) is 6.07 Å². The number of aryl methyl sites for hydroxylation is 1. The quantitative estimate of drug-likeness (QED) is 0.519. The lowest BCUT2D eigenvalue weighted by Crippen LogP contribution is -2.09. The maximum atomic E-state index is 4.24. The molecule has 0 aliphatic heterocycles. The van der Waals surface area contributed by atoms with Crippen LogP contribution < -0.4 is 0 Å². The van der Waals surface area contributed by atoms with E-state index >= 15 is 0 Å². The largest absolute Gasteiger partial charge is 0.300 e. The van der Waals surface area contributed by atoms with Gasteiger partial charge in [-0.25, -0.2) is 0 Å². The van der Waals surface area contributed by atoms with Crippen molar-refractivity contribution < 1.29 is 0 Å². The maximum absolute atomic E-state index is 4.24. The summed E-state index contributed by atoms with van der Waals surface area (Å²) in [6.45, 7) is 4.95. The summed E-state index contributed by atoms with van der Waals surface area (Å²) >= 11 is 0. The maximum Gasteiger partial charge on any atom is 0.0561 e. The van der Waals surface area contributed by atoms with Crippen LogP contribution in [0.15, 0.2) is 23.4 Å². The van der Waals surface area contributed by atoms with E-state index in [-0.39, 0.29) is 0 Å². The Morgan fingerprint density at radius 1 is 1.62 bits per heavy atom. The molecule has 0 saturated carbocycles. The molecule has 0 aliphatic carbocycles. The second-order valence-corrected chi connectivity index (χ2v) is 2.90. The first-order valence-electron chi connectivity index (χ1n) is 4.40. The third-order valence-electron chi connectivity index (χ3n) is 1.90. The van der Waals surface area contributed by atoms with E-state index in [4.69, 9.17) is 0 Å². The van der Waals surface area contributed by atoms with Gasteiger partial charge in [-0.05, 0) is 19.9 Å². The zero-order valence-corrected chi connectivity index (χ0v) is 8.36. The fourth-order valence-corrected chi connectivity index (χ4v) is 0.876. The molecular formula is C10H15N3. The van der Waals surface area contributed by atoms with Gasteiger partial charge in [0, 0.05) is 31.0 Å². The predicted octanol–water partition coefficient (Wildman–Crippen LogP) is 1.68. The third-order valence-corrected chi connectivity index (χ3v) is 1.90. The van der Waals surface area contributed by atoms with Gasteiger partial charge >= 0.3 is 0 Å². The van der Waals surface area contributed by atoms with Crippen LogP contribution >= 0.6 is 0 Å². The van der Waals surface area contributed by atoms with Crippen molar-refractivity contribution in [3.8, 4) is 0 Å². The molecule has 0 unspecified atom stereocenters. The summed E-state index contributed by atoms with van der Waals surface area (Å²) in [6, 6.07) is 3.93. The first-order chi connectivity index (χ1) is 6.24. The summed E-state index contributed by atoms with van der Waals surface area (Å²) in [5.74, 6) is 0. The monoisotopic (exact) mass is 177 g/mol. The highest BCUT2D eigenvalue weighted by molar-refractivity contribution is 5.80. The van der Waals surface area contributed by atoms with Crippen molar-refractivity contribution in [2.75, 3.05) is 13.6 Å². The van der Waals surface area contributed by atoms with Crippen LogP contribution in [0.1, 0.15) is 18.2 Å². The van der Waals surface area contributed by atoms with Crippen LogP contribution in [0.2, 0.25) is 0 Å². The van der Waals surface area contributed by atoms with Crippen LogP contribution in [0.4, 0.5) is 0 Å². The number of hydrogen-bond acceptors (Lipinski definition) is 3. The van der Waals surface area contributed by atoms with E-state index in [9.17, 15) is 0 Å². The van der Waals surface area contributed by atoms with Crippen LogP contribution in [-0.2, 0) is 0 Å². The molecule has 3 heteroatoms. The molecular weight excluding hydrogens is 162 g/mol. The second kappa shape index (κ2) is 4.60. The van der Waals surface area contributed by atoms with E-state index < -0.39 is 0 Å². The van der Waals surface area contributed by atoms with Crippen molar-refractivity contribution in [3.63, 3.8) is 0 Å². The molecule has 0 bridgehead atoms. The summed E-state index contributed by atoms with van der Waals surface area (Å²) in [5, 5.41) is 6.12. The van der Waals surface area contributed by atoms with Crippen molar-refractivity contribution in [2.45, 2.75) is 13.8 Å². The standard InChI is InChI=1S/C10H15N3/c1-4-13(3)12-8-10-6-5-7-11-9(10)2/h5-8H,4H2,1-3H3/b12-8+. The first-order valence-corrected chi connectivity index (χ1v) is 4.40. The Kier molecular flexibility index (Phi) is 3.43. The number of aromatic nitrogens is 1. The number of hydrazone groups is 1. The normalized spacial score (nSPS) is 10.7. The highest BCUT2D eigenvalue weighted by Gasteiger charge is 1.93. The Morgan fingerprint density at radius 3 is 3.00 bits per heavy atom. The van der Waals surface area contributed by atoms with Gasteiger partial charge in [-0.2, -0.15) is 5.10 Å². The molecule has 1 aromatic rings. The van der Waals surface area contributed by atoms with Gasteiger partial charge in [-0.15, -0.1) is 0 Å². The fraction of sp³-hybridized carbons (Fsp3) is 0.400. The van der Waals surface area contributed by atoms with E-state index in [0.29, 0.717) is 0 Å². The fourth-order valence-electron chi connectivity index (χ4n) is 0.876. The topological polar surface area (TPSA) is 28.5 Å². The summed E-state index contributed by atoms with van der Waals surface area (Å²) in [4.78, 5) is 4.17. The molecule has 0 fully saturated rings. The molecule has 0 aliphatic rings. The van der Waals surface area contributed by atoms with Gasteiger partial charge in [0.2, 0.25) is 0 Å². The van der Waals surface area contributed by atoms with Crippen molar-refractivity contribution in [3.05, 3.63) is 29.6 Å². The molecule has 1 aromatic heterocycles. The van der Waals surface area contributed by atoms with Crippen molar-refractivity contribution >= 4 is 6.21 Å². The number of nitrogens with zero attached hydrogens (tertiary/aromatic N) is 3. The highest BCUT2D eigenvalue weighted by atomic mass is 15.4. The molecule has 0 amide bonds. The molecule has 0 radical (unpaired) electrons. The minimum atomic E-state index is 0.913. The van der Waals surface area contributed by atoms with Crippen LogP contribution in [0.25, 0.3) is 0 Å². The minimum absolute atomic E-state index is 0.913. The Morgan fingerprint density at radius 2 is 2.38 bits per heavy atom. The van der Waals surface area contributed by atoms with E-state index in [2.05, 4.69) is 17.0 Å². The summed E-state index contributed by atoms with van der Waals surface area (Å²) in [5.41, 5.74) is 2.08. The number of rotatable bonds is 3. The summed E-state index contributed by atoms with van der Waals surface area (Å²) in [7, 11) is 1.95. The van der Waals surface area contributed by atoms with Gasteiger partial charge in [0.05, 0.1) is 6.21 Å². The zero-order chi connectivity index (χ0) is 9.68. The summed E-state index contributed by atoms with van der Waals surface area (Å²) < 4.78 is 0. The minimum Gasteiger partial charge on any atom is -0.300 e. The average Bonchev–Trinajstić information content (AvgIpc) is 2.16. The van der Waals surface area contributed by atoms with E-state index in [1.54, 1.807) is 6.20 Å². The Balaban J connectivity index is 2.74. The average molecular weight is 177 g/mol. The van der Waals surface area contributed by atoms with Gasteiger partial charge in [0.25, 0.3) is 0 Å². The lowest BCUT2D eigenvalue weighted by molar-refractivity contribution is 0.377. The van der Waals surface area contributed by atoms with Gasteiger partial charge in [0.15, 0.2) is 0 Å². The van der Waals surface area contributed by atoms with E-state index in [1.165, 1.54) is 0 Å². The molecule has 70 valence electrons. The SMILES string of the molecule is CCN(C)/N=C/c1cccnc1C. The molecule has 13 heavy (non-hydrogen) atoms. The molecule has 0 spiro atoms. The van der Waals surface area contributed by atoms with E-state index in [1.807, 2.05) is 37.3 Å². The Bertz CT molecular complexity index is 294. The molecule has 0 atom stereocenters. The van der Waals surface area contributed by atoms with Crippen LogP contribution in [0.5, 0.6) is 0 Å². The molecule has 1 rings (SSSR count). The molecule has 3 nitrogen and oxygen atoms in total. The van der Waals surface area contributed by atoms with Gasteiger partial charge in [0.1, 0.15) is 0 Å². The van der Waals surface area contributed by atoms with Crippen molar-refractivity contribution in [1.82, 2.24) is 9.99 Å². The van der Waals surface area contributed by atoms with Crippen molar-refractivity contribution in [2.24, 2.45) is 5.10 Å². The van der Waals surface area contributed by atoms with Gasteiger partial charge in [-0.3, -0.25) is 4.98 Å². The molecule has 0 saturated heterocycles. The van der Waals surface area contributed by atoms with Crippen molar-refractivity contribution in [1.29, 1.82) is 0 Å². The molecule has 1 heterocycles. The lowest BCUT2D eigenvalue weighted by atomic mass is 10.2. The molecule has 0 aromatic carbocycles. The first kappa shape index (κ1) is 9.71. The molecule has 0 N–H and O–H groups in total. The van der Waals surface area contributed by atoms with Gasteiger partial charge < -0.3 is 5.01 Å². The van der Waals surface area contributed by atoms with Crippen LogP contribution in [0.3, 0.4) is 0 Å². The Labute approximate surface area is 79.1 Å². The summed E-state index contributed by atoms with van der Waals surface area (Å²) in [6.07, 6.45) is 3.63. The number of hydrogen-bond donors (Lipinski definition) is 0. The van der Waals surface area contributed by atoms with E-state index in [0.717, 1.165) is 17.8 Å². The van der Waals surface area contributed by atoms with Crippen LogP contribution in [-0.4, -0.2) is 29.8 Å². The Hall–Kier alpha value is -1.38. The third kappa shape index (κ3) is 2.86. The lowest BCUT2D eigenvalue weighted by Gasteiger charge is -2.08. The smallest absolute Gasteiger partial charge is 0.0561 e. The zero-order valence-electron chi connectivity index (χ0n) is 8.36. The number of pyridine rings is 1. The predicted molar refractivity (Wildman–Crippen MR) is 54.9 cm³/mol. The van der Waals surface area contributed by atoms with Crippen LogP contribution in [0, 0.1) is 6.92 Å². The second-order valence-electron chi connectivity index (χ2n) is 2.90.